The number of sulfonamides is 1. The average molecular weight is 518 g/mol. The number of anilines is 2. The number of halogens is 2. The first kappa shape index (κ1) is 25.0. The average Bonchev–Trinajstić information content (AvgIpc) is 2.86. The lowest BCUT2D eigenvalue weighted by molar-refractivity contribution is 0.102. The van der Waals surface area contributed by atoms with Gasteiger partial charge in [0.2, 0.25) is 10.0 Å². The summed E-state index contributed by atoms with van der Waals surface area (Å²) in [5, 5.41) is 3.25. The summed E-state index contributed by atoms with van der Waals surface area (Å²) in [6.07, 6.45) is 0. The monoisotopic (exact) mass is 517 g/mol. The second-order valence-electron chi connectivity index (χ2n) is 7.92. The topological polar surface area (TPSA) is 79.0 Å². The molecule has 1 heterocycles. The van der Waals surface area contributed by atoms with Gasteiger partial charge in [0, 0.05) is 42.5 Å². The lowest BCUT2D eigenvalue weighted by Gasteiger charge is -2.35. The van der Waals surface area contributed by atoms with Crippen LogP contribution in [0.15, 0.2) is 71.6 Å². The summed E-state index contributed by atoms with van der Waals surface area (Å²) in [6.45, 7) is 3.65. The number of amides is 1. The fourth-order valence-electron chi connectivity index (χ4n) is 3.83. The Morgan fingerprint density at radius 3 is 2.29 bits per heavy atom. The first-order chi connectivity index (χ1) is 16.8. The van der Waals surface area contributed by atoms with Gasteiger partial charge >= 0.3 is 0 Å². The third-order valence-corrected chi connectivity index (χ3v) is 7.82. The van der Waals surface area contributed by atoms with E-state index in [1.807, 2.05) is 4.90 Å². The highest BCUT2D eigenvalue weighted by Crippen LogP contribution is 2.30. The van der Waals surface area contributed by atoms with Crippen LogP contribution in [0.3, 0.4) is 0 Å². The lowest BCUT2D eigenvalue weighted by Crippen LogP contribution is -2.48. The number of ether oxygens (including phenoxy) is 1. The number of benzene rings is 3. The molecule has 184 valence electrons. The van der Waals surface area contributed by atoms with E-state index >= 15 is 0 Å². The highest BCUT2D eigenvalue weighted by Gasteiger charge is 2.29. The van der Waals surface area contributed by atoms with Crippen LogP contribution in [0.2, 0.25) is 5.02 Å². The van der Waals surface area contributed by atoms with E-state index in [1.165, 1.54) is 28.6 Å². The second kappa shape index (κ2) is 10.6. The summed E-state index contributed by atoms with van der Waals surface area (Å²) in [4.78, 5) is 14.8. The second-order valence-corrected chi connectivity index (χ2v) is 10.3. The molecule has 0 aromatic heterocycles. The predicted molar refractivity (Wildman–Crippen MR) is 134 cm³/mol. The minimum Gasteiger partial charge on any atom is -0.492 e. The van der Waals surface area contributed by atoms with Crippen molar-refractivity contribution in [3.8, 4) is 5.75 Å². The molecule has 35 heavy (non-hydrogen) atoms. The first-order valence-corrected chi connectivity index (χ1v) is 12.9. The molecule has 1 saturated heterocycles. The Morgan fingerprint density at radius 2 is 1.66 bits per heavy atom. The highest BCUT2D eigenvalue weighted by molar-refractivity contribution is 7.89. The summed E-state index contributed by atoms with van der Waals surface area (Å²) >= 11 is 5.90. The van der Waals surface area contributed by atoms with Gasteiger partial charge in [-0.25, -0.2) is 12.8 Å². The van der Waals surface area contributed by atoms with Gasteiger partial charge in [-0.15, -0.1) is 0 Å². The molecule has 1 amide bonds. The molecule has 0 unspecified atom stereocenters. The van der Waals surface area contributed by atoms with E-state index in [4.69, 9.17) is 16.3 Å². The van der Waals surface area contributed by atoms with E-state index in [-0.39, 0.29) is 29.5 Å². The van der Waals surface area contributed by atoms with E-state index in [2.05, 4.69) is 5.32 Å². The van der Waals surface area contributed by atoms with Crippen molar-refractivity contribution in [2.75, 3.05) is 43.0 Å². The van der Waals surface area contributed by atoms with Gasteiger partial charge < -0.3 is 15.0 Å². The Morgan fingerprint density at radius 1 is 1.00 bits per heavy atom. The van der Waals surface area contributed by atoms with Crippen molar-refractivity contribution in [2.45, 2.75) is 11.8 Å². The fraction of sp³-hybridized carbons (Fsp3) is 0.240. The van der Waals surface area contributed by atoms with Gasteiger partial charge in [0.15, 0.2) is 0 Å². The van der Waals surface area contributed by atoms with Crippen molar-refractivity contribution >= 4 is 38.9 Å². The van der Waals surface area contributed by atoms with Crippen LogP contribution >= 0.6 is 11.6 Å². The number of carbonyl (C=O) groups excluding carboxylic acids is 1. The number of hydrogen-bond donors (Lipinski definition) is 1. The molecule has 3 aromatic rings. The number of nitrogens with one attached hydrogen (secondary N) is 1. The minimum atomic E-state index is -3.81. The zero-order valence-corrected chi connectivity index (χ0v) is 20.7. The third-order valence-electron chi connectivity index (χ3n) is 5.67. The van der Waals surface area contributed by atoms with Crippen molar-refractivity contribution < 1.29 is 22.3 Å². The van der Waals surface area contributed by atoms with Crippen LogP contribution in [0.1, 0.15) is 17.3 Å². The molecule has 3 aromatic carbocycles. The lowest BCUT2D eigenvalue weighted by atomic mass is 10.2. The van der Waals surface area contributed by atoms with E-state index in [1.54, 1.807) is 49.4 Å². The summed E-state index contributed by atoms with van der Waals surface area (Å²) < 4.78 is 47.0. The van der Waals surface area contributed by atoms with E-state index < -0.39 is 15.9 Å². The van der Waals surface area contributed by atoms with Crippen molar-refractivity contribution in [3.63, 3.8) is 0 Å². The molecular weight excluding hydrogens is 493 g/mol. The van der Waals surface area contributed by atoms with Gasteiger partial charge in [0.25, 0.3) is 5.91 Å². The molecule has 0 spiro atoms. The molecular formula is C25H25ClFN3O4S. The predicted octanol–water partition coefficient (Wildman–Crippen LogP) is 4.64. The molecule has 1 aliphatic rings. The summed E-state index contributed by atoms with van der Waals surface area (Å²) in [6, 6.07) is 16.9. The van der Waals surface area contributed by atoms with Crippen LogP contribution in [0.25, 0.3) is 0 Å². The highest BCUT2D eigenvalue weighted by atomic mass is 35.5. The Balaban J connectivity index is 1.52. The largest absolute Gasteiger partial charge is 0.492 e. The molecule has 1 fully saturated rings. The summed E-state index contributed by atoms with van der Waals surface area (Å²) in [7, 11) is -3.81. The van der Waals surface area contributed by atoms with Crippen LogP contribution in [0, 0.1) is 5.82 Å². The molecule has 0 saturated carbocycles. The van der Waals surface area contributed by atoms with E-state index in [0.717, 1.165) is 5.69 Å². The Bertz CT molecular complexity index is 1290. The molecule has 0 bridgehead atoms. The minimum absolute atomic E-state index is 0.0580. The van der Waals surface area contributed by atoms with Crippen molar-refractivity contribution in [1.29, 1.82) is 0 Å². The van der Waals surface area contributed by atoms with E-state index in [9.17, 15) is 17.6 Å². The van der Waals surface area contributed by atoms with Crippen LogP contribution in [0.5, 0.6) is 5.75 Å². The molecule has 0 atom stereocenters. The molecule has 0 radical (unpaired) electrons. The number of hydrogen-bond acceptors (Lipinski definition) is 5. The molecule has 4 rings (SSSR count). The van der Waals surface area contributed by atoms with Gasteiger partial charge in [-0.3, -0.25) is 4.79 Å². The van der Waals surface area contributed by atoms with Crippen molar-refractivity contribution in [1.82, 2.24) is 4.31 Å². The smallest absolute Gasteiger partial charge is 0.255 e. The van der Waals surface area contributed by atoms with Gasteiger partial charge in [-0.2, -0.15) is 4.31 Å². The standard InChI is InChI=1S/C25H25ClFN3O4S/c1-2-34-24-12-11-22(17-23(24)28-25(31)18-3-5-19(26)6-4-18)35(32,33)30-15-13-29(14-16-30)21-9-7-20(27)8-10-21/h3-12,17H,2,13-16H2,1H3,(H,28,31). The van der Waals surface area contributed by atoms with Crippen LogP contribution in [0.4, 0.5) is 15.8 Å². The van der Waals surface area contributed by atoms with Gasteiger partial charge in [0.1, 0.15) is 11.6 Å². The van der Waals surface area contributed by atoms with Crippen LogP contribution in [-0.2, 0) is 10.0 Å². The van der Waals surface area contributed by atoms with E-state index in [0.29, 0.717) is 36.0 Å². The zero-order chi connectivity index (χ0) is 25.0. The Labute approximate surface area is 209 Å². The molecule has 10 heteroatoms. The maximum Gasteiger partial charge on any atom is 0.255 e. The maximum absolute atomic E-state index is 13.4. The summed E-state index contributed by atoms with van der Waals surface area (Å²) in [5.41, 5.74) is 1.48. The summed E-state index contributed by atoms with van der Waals surface area (Å²) in [5.74, 6) is -0.357. The SMILES string of the molecule is CCOc1ccc(S(=O)(=O)N2CCN(c3ccc(F)cc3)CC2)cc1NC(=O)c1ccc(Cl)cc1. The molecule has 7 nitrogen and oxygen atoms in total. The van der Waals surface area contributed by atoms with Crippen LogP contribution < -0.4 is 15.0 Å². The number of rotatable bonds is 7. The Hall–Kier alpha value is -3.14. The van der Waals surface area contributed by atoms with Crippen LogP contribution in [-0.4, -0.2) is 51.4 Å². The van der Waals surface area contributed by atoms with Gasteiger partial charge in [0.05, 0.1) is 17.2 Å². The number of nitrogens with zero attached hydrogens (tertiary/aromatic N) is 2. The maximum atomic E-state index is 13.4. The quantitative estimate of drug-likeness (QED) is 0.494. The van der Waals surface area contributed by atoms with Gasteiger partial charge in [-0.05, 0) is 73.7 Å². The van der Waals surface area contributed by atoms with Crippen molar-refractivity contribution in [2.24, 2.45) is 0 Å². The third kappa shape index (κ3) is 5.75. The molecule has 1 N–H and O–H groups in total. The normalized spacial score (nSPS) is 14.5. The zero-order valence-electron chi connectivity index (χ0n) is 19.1. The first-order valence-electron chi connectivity index (χ1n) is 11.1. The Kier molecular flexibility index (Phi) is 7.59. The number of carbonyl (C=O) groups is 1. The molecule has 0 aliphatic carbocycles. The van der Waals surface area contributed by atoms with Gasteiger partial charge in [-0.1, -0.05) is 11.6 Å². The van der Waals surface area contributed by atoms with Crippen molar-refractivity contribution in [3.05, 3.63) is 83.1 Å². The number of piperazine rings is 1. The molecule has 1 aliphatic heterocycles. The fourth-order valence-corrected chi connectivity index (χ4v) is 5.41.